The monoisotopic (exact) mass is 159 g/mol. The second-order valence-electron chi connectivity index (χ2n) is 1.49. The lowest BCUT2D eigenvalue weighted by molar-refractivity contribution is -0.138. The number of amides is 1. The standard InChI is InChI=1S/C4H7NO3.CH2N2/c5-3(6)1-2-4(7)8;2-1-3/h1-2H2,(H2,5,6)(H,7,8);2-3H. The van der Waals surface area contributed by atoms with Gasteiger partial charge in [-0.3, -0.25) is 9.59 Å². The third-order valence-electron chi connectivity index (χ3n) is 0.585. The van der Waals surface area contributed by atoms with E-state index in [0.29, 0.717) is 0 Å². The molecule has 62 valence electrons. The van der Waals surface area contributed by atoms with Crippen LogP contribution >= 0.6 is 0 Å². The van der Waals surface area contributed by atoms with Crippen LogP contribution < -0.4 is 5.73 Å². The Morgan fingerprint density at radius 3 is 1.82 bits per heavy atom. The summed E-state index contributed by atoms with van der Waals surface area (Å²) in [7, 11) is 0. The van der Waals surface area contributed by atoms with Crippen molar-refractivity contribution in [2.45, 2.75) is 12.8 Å². The van der Waals surface area contributed by atoms with E-state index in [1.807, 2.05) is 0 Å². The molecule has 6 nitrogen and oxygen atoms in total. The Labute approximate surface area is 63.0 Å². The van der Waals surface area contributed by atoms with Gasteiger partial charge in [-0.1, -0.05) is 0 Å². The topological polar surface area (TPSA) is 128 Å². The van der Waals surface area contributed by atoms with Crippen molar-refractivity contribution >= 4 is 17.9 Å². The van der Waals surface area contributed by atoms with Crippen molar-refractivity contribution in [2.24, 2.45) is 5.73 Å². The van der Waals surface area contributed by atoms with Crippen molar-refractivity contribution in [1.29, 1.82) is 10.8 Å². The first kappa shape index (κ1) is 12.0. The van der Waals surface area contributed by atoms with Crippen molar-refractivity contribution in [1.82, 2.24) is 0 Å². The van der Waals surface area contributed by atoms with Crippen molar-refractivity contribution in [3.05, 3.63) is 0 Å². The fourth-order valence-corrected chi connectivity index (χ4v) is 0.230. The molecule has 0 bridgehead atoms. The highest BCUT2D eigenvalue weighted by atomic mass is 16.4. The first-order valence-electron chi connectivity index (χ1n) is 2.63. The lowest BCUT2D eigenvalue weighted by Crippen LogP contribution is -2.12. The highest BCUT2D eigenvalue weighted by Gasteiger charge is 1.98. The zero-order valence-electron chi connectivity index (χ0n) is 5.76. The van der Waals surface area contributed by atoms with Gasteiger partial charge in [-0.15, -0.1) is 0 Å². The van der Waals surface area contributed by atoms with Crippen LogP contribution in [0.25, 0.3) is 0 Å². The molecular formula is C5H9N3O3. The van der Waals surface area contributed by atoms with Gasteiger partial charge < -0.3 is 10.8 Å². The molecule has 0 rings (SSSR count). The van der Waals surface area contributed by atoms with E-state index in [1.165, 1.54) is 6.01 Å². The van der Waals surface area contributed by atoms with Gasteiger partial charge in [-0.25, -0.2) is 10.8 Å². The van der Waals surface area contributed by atoms with Gasteiger partial charge in [0.05, 0.1) is 12.4 Å². The molecule has 0 unspecified atom stereocenters. The number of carboxylic acids is 1. The Morgan fingerprint density at radius 1 is 1.36 bits per heavy atom. The summed E-state index contributed by atoms with van der Waals surface area (Å²) < 4.78 is 0. The van der Waals surface area contributed by atoms with E-state index >= 15 is 0 Å². The Kier molecular flexibility index (Phi) is 9.11. The number of rotatable bonds is 3. The third-order valence-corrected chi connectivity index (χ3v) is 0.585. The van der Waals surface area contributed by atoms with Gasteiger partial charge >= 0.3 is 5.97 Å². The van der Waals surface area contributed by atoms with Gasteiger partial charge in [-0.05, 0) is 0 Å². The lowest BCUT2D eigenvalue weighted by Gasteiger charge is -1.86. The molecule has 0 aromatic carbocycles. The maximum Gasteiger partial charge on any atom is 0.303 e. The molecular weight excluding hydrogens is 150 g/mol. The number of carbonyl (C=O) groups is 2. The minimum Gasteiger partial charge on any atom is -0.481 e. The van der Waals surface area contributed by atoms with Crippen molar-refractivity contribution in [3.8, 4) is 0 Å². The van der Waals surface area contributed by atoms with E-state index in [0.717, 1.165) is 0 Å². The molecule has 0 aliphatic carbocycles. The van der Waals surface area contributed by atoms with Gasteiger partial charge in [0.2, 0.25) is 5.91 Å². The van der Waals surface area contributed by atoms with Crippen molar-refractivity contribution in [3.63, 3.8) is 0 Å². The number of hydrogen-bond donors (Lipinski definition) is 4. The molecule has 6 heteroatoms. The lowest BCUT2D eigenvalue weighted by atomic mass is 10.3. The van der Waals surface area contributed by atoms with E-state index in [-0.39, 0.29) is 12.8 Å². The molecule has 0 fully saturated rings. The van der Waals surface area contributed by atoms with Crippen LogP contribution in [0.1, 0.15) is 12.8 Å². The molecule has 11 heavy (non-hydrogen) atoms. The molecule has 0 aromatic rings. The Hall–Kier alpha value is -1.68. The number of hydrogen-bond acceptors (Lipinski definition) is 4. The molecule has 0 spiro atoms. The molecule has 0 heterocycles. The molecule has 0 aliphatic rings. The highest BCUT2D eigenvalue weighted by Crippen LogP contribution is 1.84. The summed E-state index contributed by atoms with van der Waals surface area (Å²) in [4.78, 5) is 19.6. The third kappa shape index (κ3) is 30.1. The smallest absolute Gasteiger partial charge is 0.303 e. The largest absolute Gasteiger partial charge is 0.481 e. The van der Waals surface area contributed by atoms with Crippen LogP contribution in [0.4, 0.5) is 0 Å². The molecule has 0 aliphatic heterocycles. The summed E-state index contributed by atoms with van der Waals surface area (Å²) in [5.74, 6) is -1.57. The van der Waals surface area contributed by atoms with Crippen molar-refractivity contribution in [2.75, 3.05) is 0 Å². The molecule has 0 saturated heterocycles. The maximum atomic E-state index is 9.86. The second kappa shape index (κ2) is 8.32. The summed E-state index contributed by atoms with van der Waals surface area (Å²) in [6.07, 6.45) is -0.245. The highest BCUT2D eigenvalue weighted by molar-refractivity contribution is 5.79. The van der Waals surface area contributed by atoms with Crippen LogP contribution in [-0.2, 0) is 9.59 Å². The van der Waals surface area contributed by atoms with Crippen LogP contribution in [0.5, 0.6) is 0 Å². The summed E-state index contributed by atoms with van der Waals surface area (Å²) in [5.41, 5.74) is 4.64. The van der Waals surface area contributed by atoms with Gasteiger partial charge in [0.1, 0.15) is 0 Å². The molecule has 0 saturated carbocycles. The zero-order chi connectivity index (χ0) is 9.28. The fraction of sp³-hybridized carbons (Fsp3) is 0.400. The number of primary amides is 1. The quantitative estimate of drug-likeness (QED) is 0.420. The number of carbonyl (C=O) groups excluding carboxylic acids is 1. The molecule has 0 radical (unpaired) electrons. The van der Waals surface area contributed by atoms with Crippen LogP contribution in [0.2, 0.25) is 0 Å². The summed E-state index contributed by atoms with van der Waals surface area (Å²) >= 11 is 0. The summed E-state index contributed by atoms with van der Waals surface area (Å²) in [5, 5.41) is 19.2. The fourth-order valence-electron chi connectivity index (χ4n) is 0.230. The van der Waals surface area contributed by atoms with E-state index in [1.54, 1.807) is 0 Å². The van der Waals surface area contributed by atoms with E-state index in [2.05, 4.69) is 5.73 Å². The second-order valence-corrected chi connectivity index (χ2v) is 1.49. The molecule has 0 atom stereocenters. The normalized spacial score (nSPS) is 6.91. The first-order valence-corrected chi connectivity index (χ1v) is 2.63. The van der Waals surface area contributed by atoms with E-state index < -0.39 is 11.9 Å². The number of nitrogens with two attached hydrogens (primary N) is 1. The van der Waals surface area contributed by atoms with Gasteiger partial charge in [-0.2, -0.15) is 0 Å². The zero-order valence-corrected chi connectivity index (χ0v) is 5.76. The predicted octanol–water partition coefficient (Wildman–Crippen LogP) is -0.346. The van der Waals surface area contributed by atoms with Crippen molar-refractivity contribution < 1.29 is 14.7 Å². The van der Waals surface area contributed by atoms with Crippen LogP contribution in [0.3, 0.4) is 0 Å². The number of carboxylic acid groups (broad SMARTS) is 1. The van der Waals surface area contributed by atoms with Gasteiger partial charge in [0.25, 0.3) is 0 Å². The predicted molar refractivity (Wildman–Crippen MR) is 36.5 cm³/mol. The number of aliphatic carboxylic acids is 1. The summed E-state index contributed by atoms with van der Waals surface area (Å²) in [6, 6.07) is 1.25. The van der Waals surface area contributed by atoms with Crippen LogP contribution in [-0.4, -0.2) is 23.0 Å². The van der Waals surface area contributed by atoms with E-state index in [9.17, 15) is 9.59 Å². The van der Waals surface area contributed by atoms with Crippen LogP contribution in [0, 0.1) is 10.8 Å². The number of nitrogens with one attached hydrogen (secondary N) is 2. The Balaban J connectivity index is 0. The minimum absolute atomic E-state index is 0.0741. The van der Waals surface area contributed by atoms with E-state index in [4.69, 9.17) is 15.9 Å². The van der Waals surface area contributed by atoms with Crippen LogP contribution in [0.15, 0.2) is 0 Å². The molecule has 0 aromatic heterocycles. The summed E-state index contributed by atoms with van der Waals surface area (Å²) in [6.45, 7) is 0. The average molecular weight is 159 g/mol. The first-order chi connectivity index (χ1) is 5.04. The Bertz CT molecular complexity index is 158. The van der Waals surface area contributed by atoms with Gasteiger partial charge in [0.15, 0.2) is 0 Å². The minimum atomic E-state index is -0.996. The molecule has 1 amide bonds. The maximum absolute atomic E-state index is 9.86. The van der Waals surface area contributed by atoms with Gasteiger partial charge in [0, 0.05) is 6.42 Å². The average Bonchev–Trinajstić information content (AvgIpc) is 1.85. The SMILES string of the molecule is N=C=N.NC(=O)CCC(=O)O. The molecule has 5 N–H and O–H groups in total. The Morgan fingerprint density at radius 2 is 1.73 bits per heavy atom.